The van der Waals surface area contributed by atoms with Crippen molar-refractivity contribution in [1.29, 1.82) is 0 Å². The van der Waals surface area contributed by atoms with Gasteiger partial charge in [0.05, 0.1) is 4.08 Å². The first-order valence-electron chi connectivity index (χ1n) is 5.03. The van der Waals surface area contributed by atoms with E-state index in [2.05, 4.69) is 49.6 Å². The molecule has 1 unspecified atom stereocenters. The fraction of sp³-hybridized carbons (Fsp3) is 1.00. The topological polar surface area (TPSA) is 12.0 Å². The standard InChI is InChI=1S/C10H19NS2/c1-9(2,3)8-6-10(7-11-8)12-4-5-13-10/h8,11H,4-7H2,1-3H3. The molecule has 76 valence electrons. The molecule has 2 rings (SSSR count). The van der Waals surface area contributed by atoms with Crippen LogP contribution in [0, 0.1) is 5.41 Å². The molecule has 0 aliphatic carbocycles. The van der Waals surface area contributed by atoms with E-state index in [1.807, 2.05) is 0 Å². The van der Waals surface area contributed by atoms with Crippen molar-refractivity contribution in [3.63, 3.8) is 0 Å². The van der Waals surface area contributed by atoms with Crippen LogP contribution in [0.25, 0.3) is 0 Å². The normalized spacial score (nSPS) is 33.0. The van der Waals surface area contributed by atoms with Gasteiger partial charge >= 0.3 is 0 Å². The Balaban J connectivity index is 2.01. The third-order valence-electron chi connectivity index (χ3n) is 2.99. The Labute approximate surface area is 89.8 Å². The molecule has 0 aromatic rings. The van der Waals surface area contributed by atoms with Gasteiger partial charge in [0.2, 0.25) is 0 Å². The van der Waals surface area contributed by atoms with Crippen molar-refractivity contribution in [1.82, 2.24) is 5.32 Å². The van der Waals surface area contributed by atoms with Crippen LogP contribution in [0.15, 0.2) is 0 Å². The van der Waals surface area contributed by atoms with Crippen molar-refractivity contribution in [2.45, 2.75) is 37.3 Å². The van der Waals surface area contributed by atoms with Crippen LogP contribution in [0.5, 0.6) is 0 Å². The lowest BCUT2D eigenvalue weighted by atomic mass is 9.86. The van der Waals surface area contributed by atoms with Gasteiger partial charge in [-0.1, -0.05) is 20.8 Å². The zero-order chi connectivity index (χ0) is 9.53. The van der Waals surface area contributed by atoms with Gasteiger partial charge in [0, 0.05) is 24.1 Å². The number of hydrogen-bond donors (Lipinski definition) is 1. The molecule has 13 heavy (non-hydrogen) atoms. The molecule has 3 heteroatoms. The SMILES string of the molecule is CC(C)(C)C1CC2(CN1)SCCS2. The first-order valence-corrected chi connectivity index (χ1v) is 7.00. The predicted molar refractivity (Wildman–Crippen MR) is 63.5 cm³/mol. The molecule has 0 aromatic carbocycles. The number of nitrogens with one attached hydrogen (secondary N) is 1. The zero-order valence-corrected chi connectivity index (χ0v) is 10.4. The van der Waals surface area contributed by atoms with E-state index in [4.69, 9.17) is 0 Å². The molecule has 0 bridgehead atoms. The minimum atomic E-state index is 0.424. The highest BCUT2D eigenvalue weighted by atomic mass is 32.2. The molecular formula is C10H19NS2. The molecule has 0 amide bonds. The average molecular weight is 217 g/mol. The van der Waals surface area contributed by atoms with Crippen molar-refractivity contribution in [3.8, 4) is 0 Å². The summed E-state index contributed by atoms with van der Waals surface area (Å²) in [5.41, 5.74) is 0.424. The molecule has 1 nitrogen and oxygen atoms in total. The highest BCUT2D eigenvalue weighted by Gasteiger charge is 2.45. The van der Waals surface area contributed by atoms with E-state index in [1.165, 1.54) is 24.5 Å². The summed E-state index contributed by atoms with van der Waals surface area (Å²) in [6.45, 7) is 8.24. The van der Waals surface area contributed by atoms with Crippen LogP contribution in [0.2, 0.25) is 0 Å². The van der Waals surface area contributed by atoms with Crippen LogP contribution in [0.1, 0.15) is 27.2 Å². The first-order chi connectivity index (χ1) is 6.02. The van der Waals surface area contributed by atoms with Crippen LogP contribution in [-0.4, -0.2) is 28.2 Å². The molecule has 0 saturated carbocycles. The van der Waals surface area contributed by atoms with Gasteiger partial charge in [-0.05, 0) is 11.8 Å². The highest BCUT2D eigenvalue weighted by molar-refractivity contribution is 8.21. The lowest BCUT2D eigenvalue weighted by Gasteiger charge is -2.28. The number of rotatable bonds is 0. The average Bonchev–Trinajstić information content (AvgIpc) is 2.60. The van der Waals surface area contributed by atoms with Gasteiger partial charge < -0.3 is 5.32 Å². The first kappa shape index (κ1) is 10.2. The van der Waals surface area contributed by atoms with Crippen LogP contribution < -0.4 is 5.32 Å². The lowest BCUT2D eigenvalue weighted by Crippen LogP contribution is -2.34. The minimum absolute atomic E-state index is 0.424. The Bertz CT molecular complexity index is 192. The van der Waals surface area contributed by atoms with Crippen LogP contribution in [0.3, 0.4) is 0 Å². The van der Waals surface area contributed by atoms with Gasteiger partial charge in [-0.2, -0.15) is 0 Å². The van der Waals surface area contributed by atoms with Gasteiger partial charge in [-0.25, -0.2) is 0 Å². The van der Waals surface area contributed by atoms with E-state index in [9.17, 15) is 0 Å². The van der Waals surface area contributed by atoms with E-state index in [1.54, 1.807) is 0 Å². The molecule has 0 aromatic heterocycles. The Kier molecular flexibility index (Phi) is 2.63. The quantitative estimate of drug-likeness (QED) is 0.670. The second kappa shape index (κ2) is 3.35. The maximum atomic E-state index is 3.69. The van der Waals surface area contributed by atoms with Crippen molar-refractivity contribution in [2.24, 2.45) is 5.41 Å². The van der Waals surface area contributed by atoms with Crippen LogP contribution in [-0.2, 0) is 0 Å². The Morgan fingerprint density at radius 3 is 2.31 bits per heavy atom. The molecule has 1 atom stereocenters. The van der Waals surface area contributed by atoms with Crippen molar-refractivity contribution >= 4 is 23.5 Å². The predicted octanol–water partition coefficient (Wildman–Crippen LogP) is 2.57. The molecule has 2 saturated heterocycles. The molecule has 2 aliphatic rings. The summed E-state index contributed by atoms with van der Waals surface area (Å²) in [6, 6.07) is 0.714. The van der Waals surface area contributed by atoms with E-state index < -0.39 is 0 Å². The monoisotopic (exact) mass is 217 g/mol. The van der Waals surface area contributed by atoms with Crippen LogP contribution >= 0.6 is 23.5 Å². The summed E-state index contributed by atoms with van der Waals surface area (Å²) in [7, 11) is 0. The van der Waals surface area contributed by atoms with Crippen molar-refractivity contribution in [2.75, 3.05) is 18.1 Å². The van der Waals surface area contributed by atoms with Gasteiger partial charge in [0.25, 0.3) is 0 Å². The maximum Gasteiger partial charge on any atom is 0.0750 e. The summed E-state index contributed by atoms with van der Waals surface area (Å²) in [5.74, 6) is 2.70. The maximum absolute atomic E-state index is 3.69. The molecular weight excluding hydrogens is 198 g/mol. The largest absolute Gasteiger partial charge is 0.311 e. The summed E-state index contributed by atoms with van der Waals surface area (Å²) in [6.07, 6.45) is 1.35. The smallest absolute Gasteiger partial charge is 0.0750 e. The minimum Gasteiger partial charge on any atom is -0.311 e. The highest BCUT2D eigenvalue weighted by Crippen LogP contribution is 2.51. The van der Waals surface area contributed by atoms with Crippen molar-refractivity contribution < 1.29 is 0 Å². The Morgan fingerprint density at radius 1 is 1.23 bits per heavy atom. The summed E-state index contributed by atoms with van der Waals surface area (Å²) < 4.78 is 0.540. The third-order valence-corrected chi connectivity index (χ3v) is 6.45. The summed E-state index contributed by atoms with van der Waals surface area (Å²) in [5, 5.41) is 3.69. The van der Waals surface area contributed by atoms with E-state index in [-0.39, 0.29) is 0 Å². The second-order valence-electron chi connectivity index (χ2n) is 5.11. The Morgan fingerprint density at radius 2 is 1.85 bits per heavy atom. The van der Waals surface area contributed by atoms with E-state index in [0.29, 0.717) is 15.5 Å². The molecule has 2 heterocycles. The fourth-order valence-electron chi connectivity index (χ4n) is 2.06. The van der Waals surface area contributed by atoms with Crippen LogP contribution in [0.4, 0.5) is 0 Å². The van der Waals surface area contributed by atoms with E-state index >= 15 is 0 Å². The second-order valence-corrected chi connectivity index (χ2v) is 8.33. The van der Waals surface area contributed by atoms with E-state index in [0.717, 1.165) is 0 Å². The van der Waals surface area contributed by atoms with Gasteiger partial charge in [0.1, 0.15) is 0 Å². The molecule has 2 fully saturated rings. The fourth-order valence-corrected chi connectivity index (χ4v) is 5.25. The third kappa shape index (κ3) is 2.02. The number of thioether (sulfide) groups is 2. The summed E-state index contributed by atoms with van der Waals surface area (Å²) in [4.78, 5) is 0. The Hall–Kier alpha value is 0.660. The molecule has 1 spiro atoms. The van der Waals surface area contributed by atoms with Gasteiger partial charge in [-0.3, -0.25) is 0 Å². The van der Waals surface area contributed by atoms with Gasteiger partial charge in [-0.15, -0.1) is 23.5 Å². The zero-order valence-electron chi connectivity index (χ0n) is 8.72. The molecule has 0 radical (unpaired) electrons. The van der Waals surface area contributed by atoms with Crippen molar-refractivity contribution in [3.05, 3.63) is 0 Å². The molecule has 1 N–H and O–H groups in total. The van der Waals surface area contributed by atoms with Gasteiger partial charge in [0.15, 0.2) is 0 Å². The lowest BCUT2D eigenvalue weighted by molar-refractivity contribution is 0.295. The summed E-state index contributed by atoms with van der Waals surface area (Å²) >= 11 is 4.35. The molecule has 2 aliphatic heterocycles. The number of hydrogen-bond acceptors (Lipinski definition) is 3.